The zero-order chi connectivity index (χ0) is 8.60. The minimum atomic E-state index is -0.406. The van der Waals surface area contributed by atoms with Crippen molar-refractivity contribution in [2.24, 2.45) is 0 Å². The van der Waals surface area contributed by atoms with Crippen LogP contribution in [0.1, 0.15) is 38.5 Å². The minimum absolute atomic E-state index is 0.0238. The molecule has 1 aliphatic carbocycles. The van der Waals surface area contributed by atoms with Crippen LogP contribution in [0.25, 0.3) is 0 Å². The molecule has 68 valence electrons. The fourth-order valence-corrected chi connectivity index (χ4v) is 2.52. The van der Waals surface area contributed by atoms with Crippen LogP contribution in [-0.4, -0.2) is 22.7 Å². The van der Waals surface area contributed by atoms with Crippen molar-refractivity contribution in [2.45, 2.75) is 50.2 Å². The van der Waals surface area contributed by atoms with Gasteiger partial charge in [0.05, 0.1) is 12.5 Å². The Bertz CT molecular complexity index is 197. The Kier molecular flexibility index (Phi) is 1.83. The van der Waals surface area contributed by atoms with Crippen molar-refractivity contribution in [1.29, 1.82) is 0 Å². The van der Waals surface area contributed by atoms with E-state index in [0.29, 0.717) is 6.42 Å². The Morgan fingerprint density at radius 3 is 2.67 bits per heavy atom. The molecule has 0 aromatic rings. The van der Waals surface area contributed by atoms with Crippen LogP contribution >= 0.6 is 0 Å². The first-order valence-corrected chi connectivity index (χ1v) is 4.69. The third-order valence-electron chi connectivity index (χ3n) is 3.01. The van der Waals surface area contributed by atoms with Crippen LogP contribution in [-0.2, 0) is 4.79 Å². The lowest BCUT2D eigenvalue weighted by Gasteiger charge is -2.36. The summed E-state index contributed by atoms with van der Waals surface area (Å²) in [5, 5.41) is 12.5. The Morgan fingerprint density at radius 2 is 2.08 bits per heavy atom. The Hall–Kier alpha value is -0.570. The maximum Gasteiger partial charge on any atom is 0.223 e. The summed E-state index contributed by atoms with van der Waals surface area (Å²) in [4.78, 5) is 11.2. The number of aliphatic hydroxyl groups excluding tert-OH is 1. The van der Waals surface area contributed by atoms with E-state index >= 15 is 0 Å². The first kappa shape index (κ1) is 8.05. The van der Waals surface area contributed by atoms with E-state index in [2.05, 4.69) is 5.32 Å². The van der Waals surface area contributed by atoms with E-state index in [0.717, 1.165) is 19.3 Å². The van der Waals surface area contributed by atoms with E-state index in [4.69, 9.17) is 0 Å². The lowest BCUT2D eigenvalue weighted by atomic mass is 9.85. The molecule has 12 heavy (non-hydrogen) atoms. The van der Waals surface area contributed by atoms with Crippen molar-refractivity contribution in [2.75, 3.05) is 0 Å². The first-order valence-electron chi connectivity index (χ1n) is 4.69. The monoisotopic (exact) mass is 169 g/mol. The molecule has 1 aliphatic heterocycles. The van der Waals surface area contributed by atoms with Crippen LogP contribution in [0.15, 0.2) is 0 Å². The smallest absolute Gasteiger partial charge is 0.223 e. The number of aliphatic hydroxyl groups is 1. The molecule has 2 aliphatic rings. The molecular weight excluding hydrogens is 154 g/mol. The third-order valence-corrected chi connectivity index (χ3v) is 3.01. The zero-order valence-corrected chi connectivity index (χ0v) is 7.18. The third kappa shape index (κ3) is 1.33. The van der Waals surface area contributed by atoms with E-state index in [-0.39, 0.29) is 11.4 Å². The maximum absolute atomic E-state index is 11.2. The summed E-state index contributed by atoms with van der Waals surface area (Å²) >= 11 is 0. The Balaban J connectivity index is 2.09. The summed E-state index contributed by atoms with van der Waals surface area (Å²) < 4.78 is 0. The lowest BCUT2D eigenvalue weighted by molar-refractivity contribution is -0.128. The number of hydrogen-bond acceptors (Lipinski definition) is 2. The molecule has 1 atom stereocenters. The van der Waals surface area contributed by atoms with Crippen LogP contribution in [0.4, 0.5) is 0 Å². The van der Waals surface area contributed by atoms with Crippen LogP contribution in [0.5, 0.6) is 0 Å². The molecule has 0 aromatic heterocycles. The number of carbonyl (C=O) groups excluding carboxylic acids is 1. The predicted octanol–water partition coefficient (Wildman–Crippen LogP) is 0.570. The Morgan fingerprint density at radius 1 is 1.42 bits per heavy atom. The first-order chi connectivity index (χ1) is 5.70. The summed E-state index contributed by atoms with van der Waals surface area (Å²) in [6.45, 7) is 0. The van der Waals surface area contributed by atoms with Crippen molar-refractivity contribution in [3.8, 4) is 0 Å². The van der Waals surface area contributed by atoms with Gasteiger partial charge < -0.3 is 10.4 Å². The molecule has 0 bridgehead atoms. The highest BCUT2D eigenvalue weighted by Crippen LogP contribution is 2.36. The van der Waals surface area contributed by atoms with Gasteiger partial charge >= 0.3 is 0 Å². The van der Waals surface area contributed by atoms with Gasteiger partial charge in [-0.3, -0.25) is 4.79 Å². The number of nitrogens with one attached hydrogen (secondary N) is 1. The molecule has 3 heteroatoms. The van der Waals surface area contributed by atoms with Gasteiger partial charge in [-0.25, -0.2) is 0 Å². The molecule has 0 radical (unpaired) electrons. The SMILES string of the molecule is O=C1CC(O)CC2(CCCC2)N1. The molecule has 1 heterocycles. The second-order valence-electron chi connectivity index (χ2n) is 4.10. The van der Waals surface area contributed by atoms with E-state index in [1.165, 1.54) is 12.8 Å². The highest BCUT2D eigenvalue weighted by Gasteiger charge is 2.40. The normalized spacial score (nSPS) is 33.8. The van der Waals surface area contributed by atoms with Crippen LogP contribution in [0.2, 0.25) is 0 Å². The predicted molar refractivity (Wildman–Crippen MR) is 44.6 cm³/mol. The number of carbonyl (C=O) groups is 1. The molecule has 2 fully saturated rings. The maximum atomic E-state index is 11.2. The van der Waals surface area contributed by atoms with Gasteiger partial charge in [-0.2, -0.15) is 0 Å². The van der Waals surface area contributed by atoms with Crippen molar-refractivity contribution < 1.29 is 9.90 Å². The molecule has 1 spiro atoms. The van der Waals surface area contributed by atoms with Crippen molar-refractivity contribution in [3.05, 3.63) is 0 Å². The van der Waals surface area contributed by atoms with Gasteiger partial charge in [0.25, 0.3) is 0 Å². The fraction of sp³-hybridized carbons (Fsp3) is 0.889. The summed E-state index contributed by atoms with van der Waals surface area (Å²) in [6, 6.07) is 0. The number of hydrogen-bond donors (Lipinski definition) is 2. The van der Waals surface area contributed by atoms with Gasteiger partial charge in [0.1, 0.15) is 0 Å². The van der Waals surface area contributed by atoms with Crippen LogP contribution in [0.3, 0.4) is 0 Å². The van der Waals surface area contributed by atoms with Crippen molar-refractivity contribution in [3.63, 3.8) is 0 Å². The number of amides is 1. The quantitative estimate of drug-likeness (QED) is 0.557. The summed E-state index contributed by atoms with van der Waals surface area (Å²) in [5.41, 5.74) is -0.0330. The van der Waals surface area contributed by atoms with Gasteiger partial charge in [0.2, 0.25) is 5.91 Å². The van der Waals surface area contributed by atoms with Crippen LogP contribution < -0.4 is 5.32 Å². The minimum Gasteiger partial charge on any atom is -0.393 e. The van der Waals surface area contributed by atoms with E-state index in [9.17, 15) is 9.90 Å². The van der Waals surface area contributed by atoms with Gasteiger partial charge in [-0.05, 0) is 19.3 Å². The average Bonchev–Trinajstić information content (AvgIpc) is 2.33. The molecule has 2 N–H and O–H groups in total. The molecule has 3 nitrogen and oxygen atoms in total. The molecule has 0 aromatic carbocycles. The fourth-order valence-electron chi connectivity index (χ4n) is 2.52. The largest absolute Gasteiger partial charge is 0.393 e. The van der Waals surface area contributed by atoms with Crippen LogP contribution in [0, 0.1) is 0 Å². The Labute approximate surface area is 72.2 Å². The standard InChI is InChI=1S/C9H15NO2/c11-7-5-8(12)10-9(6-7)3-1-2-4-9/h7,11H,1-6H2,(H,10,12). The number of piperidine rings is 1. The topological polar surface area (TPSA) is 49.3 Å². The van der Waals surface area contributed by atoms with Gasteiger partial charge in [-0.15, -0.1) is 0 Å². The van der Waals surface area contributed by atoms with E-state index in [1.54, 1.807) is 0 Å². The van der Waals surface area contributed by atoms with Gasteiger partial charge in [0, 0.05) is 5.54 Å². The molecule has 1 amide bonds. The summed E-state index contributed by atoms with van der Waals surface area (Å²) in [6.07, 6.45) is 5.13. The number of rotatable bonds is 0. The molecule has 1 saturated carbocycles. The summed E-state index contributed by atoms with van der Waals surface area (Å²) in [7, 11) is 0. The second kappa shape index (κ2) is 2.73. The summed E-state index contributed by atoms with van der Waals surface area (Å²) in [5.74, 6) is 0.0238. The average molecular weight is 169 g/mol. The molecule has 1 saturated heterocycles. The molecule has 2 rings (SSSR count). The highest BCUT2D eigenvalue weighted by molar-refractivity contribution is 5.78. The van der Waals surface area contributed by atoms with Gasteiger partial charge in [-0.1, -0.05) is 12.8 Å². The van der Waals surface area contributed by atoms with Gasteiger partial charge in [0.15, 0.2) is 0 Å². The van der Waals surface area contributed by atoms with Crippen molar-refractivity contribution in [1.82, 2.24) is 5.32 Å². The molecule has 1 unspecified atom stereocenters. The van der Waals surface area contributed by atoms with E-state index < -0.39 is 6.10 Å². The second-order valence-corrected chi connectivity index (χ2v) is 4.10. The zero-order valence-electron chi connectivity index (χ0n) is 7.18. The lowest BCUT2D eigenvalue weighted by Crippen LogP contribution is -2.53. The highest BCUT2D eigenvalue weighted by atomic mass is 16.3. The molecular formula is C9H15NO2. The van der Waals surface area contributed by atoms with Crippen molar-refractivity contribution >= 4 is 5.91 Å². The van der Waals surface area contributed by atoms with E-state index in [1.807, 2.05) is 0 Å².